The summed E-state index contributed by atoms with van der Waals surface area (Å²) in [6.07, 6.45) is 2.88. The van der Waals surface area contributed by atoms with E-state index in [0.29, 0.717) is 0 Å². The maximum absolute atomic E-state index is 9.73. The third kappa shape index (κ3) is 3.34. The Morgan fingerprint density at radius 1 is 1.29 bits per heavy atom. The zero-order valence-electron chi connectivity index (χ0n) is 15.4. The number of nitrogens with zero attached hydrogens (tertiary/aromatic N) is 3. The largest absolute Gasteiger partial charge is 0.351 e. The topological polar surface area (TPSA) is 60.4 Å². The van der Waals surface area contributed by atoms with Gasteiger partial charge in [0.25, 0.3) is 0 Å². The van der Waals surface area contributed by atoms with Crippen LogP contribution in [0.1, 0.15) is 43.7 Å². The lowest BCUT2D eigenvalue weighted by Crippen LogP contribution is -3.11. The molecule has 6 heteroatoms. The highest BCUT2D eigenvalue weighted by atomic mass is 32.1. The van der Waals surface area contributed by atoms with E-state index in [1.165, 1.54) is 10.4 Å². The first-order valence-corrected chi connectivity index (χ1v) is 9.56. The summed E-state index contributed by atoms with van der Waals surface area (Å²) in [5, 5.41) is 13.0. The molecule has 24 heavy (non-hydrogen) atoms. The van der Waals surface area contributed by atoms with Gasteiger partial charge in [-0.1, -0.05) is 0 Å². The van der Waals surface area contributed by atoms with E-state index >= 15 is 0 Å². The van der Waals surface area contributed by atoms with E-state index in [4.69, 9.17) is 4.99 Å². The van der Waals surface area contributed by atoms with Crippen LogP contribution in [0.15, 0.2) is 4.99 Å². The lowest BCUT2D eigenvalue weighted by molar-refractivity contribution is -0.883. The summed E-state index contributed by atoms with van der Waals surface area (Å²) in [5.41, 5.74) is 2.12. The Morgan fingerprint density at radius 2 is 1.96 bits per heavy atom. The number of hydrogen-bond donors (Lipinski definition) is 2. The standard InChI is InChI=1S/C18H27N5S/c1-17(2)10-13-14(11-19)16(24-15(13)18(3,4)21-17)20-12-23-8-6-22(5)7-9-23/h12,21H,6-10H2,1-5H3/p+2. The lowest BCUT2D eigenvalue weighted by Gasteiger charge is -2.38. The molecule has 1 aromatic rings. The number of rotatable bonds is 2. The van der Waals surface area contributed by atoms with Crippen molar-refractivity contribution in [3.05, 3.63) is 16.0 Å². The molecule has 1 fully saturated rings. The minimum Gasteiger partial charge on any atom is -0.351 e. The molecule has 0 spiro atoms. The van der Waals surface area contributed by atoms with Crippen molar-refractivity contribution >= 4 is 22.7 Å². The summed E-state index contributed by atoms with van der Waals surface area (Å²) in [6.45, 7) is 13.4. The normalized spacial score (nSPS) is 23.2. The summed E-state index contributed by atoms with van der Waals surface area (Å²) in [6, 6.07) is 2.43. The molecular formula is C18H29N5S+2. The molecule has 3 N–H and O–H groups in total. The predicted octanol–water partition coefficient (Wildman–Crippen LogP) is 0.243. The molecule has 2 aliphatic rings. The molecule has 1 saturated heterocycles. The number of aliphatic imine (C=N–C) groups is 1. The van der Waals surface area contributed by atoms with Crippen molar-refractivity contribution in [1.82, 2.24) is 4.90 Å². The van der Waals surface area contributed by atoms with Crippen molar-refractivity contribution in [3.63, 3.8) is 0 Å². The molecule has 0 saturated carbocycles. The molecule has 0 unspecified atom stereocenters. The van der Waals surface area contributed by atoms with Crippen LogP contribution in [0.2, 0.25) is 0 Å². The van der Waals surface area contributed by atoms with Gasteiger partial charge in [-0.25, -0.2) is 4.99 Å². The highest BCUT2D eigenvalue weighted by Crippen LogP contribution is 2.42. The monoisotopic (exact) mass is 347 g/mol. The fourth-order valence-electron chi connectivity index (χ4n) is 4.05. The van der Waals surface area contributed by atoms with Crippen LogP contribution in [-0.4, -0.2) is 50.0 Å². The quantitative estimate of drug-likeness (QED) is 0.595. The molecule has 130 valence electrons. The number of piperazine rings is 1. The molecule has 0 radical (unpaired) electrons. The highest BCUT2D eigenvalue weighted by molar-refractivity contribution is 7.16. The lowest BCUT2D eigenvalue weighted by atomic mass is 9.81. The van der Waals surface area contributed by atoms with Crippen molar-refractivity contribution in [2.45, 2.75) is 45.2 Å². The molecule has 0 aliphatic carbocycles. The fourth-order valence-corrected chi connectivity index (χ4v) is 5.24. The minimum absolute atomic E-state index is 0.00167. The van der Waals surface area contributed by atoms with Crippen molar-refractivity contribution in [2.24, 2.45) is 4.99 Å². The van der Waals surface area contributed by atoms with Gasteiger partial charge in [-0.15, -0.1) is 11.3 Å². The van der Waals surface area contributed by atoms with E-state index in [1.54, 1.807) is 16.2 Å². The van der Waals surface area contributed by atoms with Gasteiger partial charge in [-0.3, -0.25) is 0 Å². The van der Waals surface area contributed by atoms with Gasteiger partial charge in [0.05, 0.1) is 55.5 Å². The van der Waals surface area contributed by atoms with E-state index in [0.717, 1.165) is 43.2 Å². The van der Waals surface area contributed by atoms with Gasteiger partial charge >= 0.3 is 0 Å². The molecule has 1 aromatic heterocycles. The maximum Gasteiger partial charge on any atom is 0.136 e. The number of fused-ring (bicyclic) bond motifs is 1. The van der Waals surface area contributed by atoms with Crippen LogP contribution in [0, 0.1) is 11.3 Å². The molecule has 3 rings (SSSR count). The number of nitrogens with one attached hydrogen (secondary N) is 1. The van der Waals surface area contributed by atoms with E-state index in [9.17, 15) is 5.26 Å². The first-order chi connectivity index (χ1) is 11.2. The van der Waals surface area contributed by atoms with Gasteiger partial charge in [0.1, 0.15) is 16.6 Å². The second-order valence-electron chi connectivity index (χ2n) is 8.47. The summed E-state index contributed by atoms with van der Waals surface area (Å²) < 4.78 is 0. The van der Waals surface area contributed by atoms with Gasteiger partial charge in [0.15, 0.2) is 0 Å². The predicted molar refractivity (Wildman–Crippen MR) is 98.1 cm³/mol. The van der Waals surface area contributed by atoms with Gasteiger partial charge in [-0.2, -0.15) is 5.26 Å². The summed E-state index contributed by atoms with van der Waals surface area (Å²) in [4.78, 5) is 9.88. The summed E-state index contributed by atoms with van der Waals surface area (Å²) in [5.74, 6) is 0. The summed E-state index contributed by atoms with van der Waals surface area (Å²) in [7, 11) is 2.23. The van der Waals surface area contributed by atoms with E-state index in [2.05, 4.69) is 51.0 Å². The average Bonchev–Trinajstić information content (AvgIpc) is 2.83. The average molecular weight is 348 g/mol. The van der Waals surface area contributed by atoms with Crippen LogP contribution in [0.3, 0.4) is 0 Å². The van der Waals surface area contributed by atoms with Crippen molar-refractivity contribution in [3.8, 4) is 6.07 Å². The van der Waals surface area contributed by atoms with Crippen LogP contribution in [0.5, 0.6) is 0 Å². The SMILES string of the molecule is C[NH+]1CCN(C=Nc2sc3c(c2C#N)CC(C)(C)[NH2+]C3(C)C)CC1. The Labute approximate surface area is 149 Å². The molecule has 3 heterocycles. The van der Waals surface area contributed by atoms with E-state index < -0.39 is 0 Å². The highest BCUT2D eigenvalue weighted by Gasteiger charge is 2.44. The summed E-state index contributed by atoms with van der Waals surface area (Å²) >= 11 is 1.70. The van der Waals surface area contributed by atoms with Gasteiger partial charge in [-0.05, 0) is 33.3 Å². The first-order valence-electron chi connectivity index (χ1n) is 8.75. The van der Waals surface area contributed by atoms with Crippen molar-refractivity contribution < 1.29 is 10.2 Å². The molecular weight excluding hydrogens is 318 g/mol. The molecule has 0 atom stereocenters. The molecule has 0 aromatic carbocycles. The fraction of sp³-hybridized carbons (Fsp3) is 0.667. The number of hydrogen-bond acceptors (Lipinski definition) is 3. The number of likely N-dealkylation sites (N-methyl/N-ethyl adjacent to an activating group) is 1. The van der Waals surface area contributed by atoms with Crippen LogP contribution in [0.25, 0.3) is 0 Å². The molecule has 0 amide bonds. The Bertz CT molecular complexity index is 687. The van der Waals surface area contributed by atoms with Crippen molar-refractivity contribution in [1.29, 1.82) is 5.26 Å². The molecule has 2 aliphatic heterocycles. The molecule has 5 nitrogen and oxygen atoms in total. The van der Waals surface area contributed by atoms with E-state index in [1.807, 2.05) is 6.34 Å². The molecule has 0 bridgehead atoms. The Hall–Kier alpha value is -1.42. The number of nitriles is 1. The maximum atomic E-state index is 9.73. The first kappa shape index (κ1) is 17.4. The number of thiophene rings is 1. The minimum atomic E-state index is -0.00167. The smallest absolute Gasteiger partial charge is 0.136 e. The number of nitrogens with two attached hydrogens (primary N) is 1. The van der Waals surface area contributed by atoms with Gasteiger partial charge < -0.3 is 15.1 Å². The Kier molecular flexibility index (Phi) is 4.45. The van der Waals surface area contributed by atoms with Crippen LogP contribution in [0.4, 0.5) is 5.00 Å². The van der Waals surface area contributed by atoms with Crippen LogP contribution in [-0.2, 0) is 12.0 Å². The Morgan fingerprint density at radius 3 is 2.58 bits per heavy atom. The van der Waals surface area contributed by atoms with Gasteiger partial charge in [0, 0.05) is 6.42 Å². The van der Waals surface area contributed by atoms with E-state index in [-0.39, 0.29) is 11.1 Å². The second kappa shape index (κ2) is 6.14. The number of quaternary nitrogens is 2. The van der Waals surface area contributed by atoms with Crippen LogP contribution >= 0.6 is 11.3 Å². The third-order valence-electron chi connectivity index (χ3n) is 5.06. The Balaban J connectivity index is 1.91. The zero-order valence-corrected chi connectivity index (χ0v) is 16.3. The zero-order chi connectivity index (χ0) is 17.5. The van der Waals surface area contributed by atoms with Crippen LogP contribution < -0.4 is 10.2 Å². The van der Waals surface area contributed by atoms with Gasteiger partial charge in [0.2, 0.25) is 0 Å². The van der Waals surface area contributed by atoms with Crippen molar-refractivity contribution in [2.75, 3.05) is 33.2 Å². The third-order valence-corrected chi connectivity index (χ3v) is 6.54. The second-order valence-corrected chi connectivity index (χ2v) is 9.47.